The highest BCUT2D eigenvalue weighted by atomic mass is 79.9. The summed E-state index contributed by atoms with van der Waals surface area (Å²) in [5.74, 6) is -7.19. The normalized spacial score (nSPS) is 15.9. The van der Waals surface area contributed by atoms with Crippen LogP contribution in [-0.2, 0) is 18.0 Å². The zero-order valence-electron chi connectivity index (χ0n) is 14.6. The molecule has 0 bridgehead atoms. The number of hydrogen-bond donors (Lipinski definition) is 1. The Morgan fingerprint density at radius 1 is 1.23 bits per heavy atom. The van der Waals surface area contributed by atoms with Gasteiger partial charge in [-0.3, -0.25) is 4.98 Å². The molecule has 11 heteroatoms. The van der Waals surface area contributed by atoms with Gasteiger partial charge in [-0.15, -0.1) is 5.10 Å². The van der Waals surface area contributed by atoms with Gasteiger partial charge in [0.2, 0.25) is 0 Å². The predicted molar refractivity (Wildman–Crippen MR) is 83.9 cm³/mol. The van der Waals surface area contributed by atoms with Gasteiger partial charge >= 0.3 is 5.92 Å². The standard InChI is InChI=1S/C15H10BrF4N5O/c16-9-1-4-13(21-6-9)15(19,20)14(26,7-25-8-22-23-24-25)11-3-2-10(17)5-12(11)18/h1-6,8,26H,7H2/t14-/m0/s1/i7D2. The Morgan fingerprint density at radius 3 is 2.58 bits per heavy atom. The second kappa shape index (κ2) is 6.72. The van der Waals surface area contributed by atoms with Crippen molar-refractivity contribution in [3.8, 4) is 0 Å². The van der Waals surface area contributed by atoms with Crippen LogP contribution in [0.2, 0.25) is 0 Å². The molecule has 0 fully saturated rings. The molecule has 0 unspecified atom stereocenters. The van der Waals surface area contributed by atoms with Crippen LogP contribution in [0.25, 0.3) is 0 Å². The summed E-state index contributed by atoms with van der Waals surface area (Å²) in [6.45, 7) is -3.48. The molecule has 0 spiro atoms. The summed E-state index contributed by atoms with van der Waals surface area (Å²) >= 11 is 3.02. The average molecular weight is 434 g/mol. The first kappa shape index (κ1) is 15.8. The molecule has 3 rings (SSSR count). The molecule has 26 heavy (non-hydrogen) atoms. The molecule has 2 aromatic heterocycles. The third-order valence-electron chi connectivity index (χ3n) is 3.45. The molecular formula is C15H10BrF4N5O. The number of nitrogens with zero attached hydrogens (tertiary/aromatic N) is 5. The van der Waals surface area contributed by atoms with Gasteiger partial charge in [0.05, 0.1) is 9.24 Å². The molecule has 1 atom stereocenters. The highest BCUT2D eigenvalue weighted by Crippen LogP contribution is 2.46. The van der Waals surface area contributed by atoms with Crippen molar-refractivity contribution in [2.45, 2.75) is 18.0 Å². The van der Waals surface area contributed by atoms with Gasteiger partial charge in [-0.05, 0) is 50.6 Å². The smallest absolute Gasteiger partial charge is 0.323 e. The molecular weight excluding hydrogens is 422 g/mol. The minimum atomic E-state index is -4.50. The van der Waals surface area contributed by atoms with Gasteiger partial charge in [-0.25, -0.2) is 13.5 Å². The number of alkyl halides is 2. The van der Waals surface area contributed by atoms with E-state index in [9.17, 15) is 13.9 Å². The number of aliphatic hydroxyl groups is 1. The first-order chi connectivity index (χ1) is 13.0. The van der Waals surface area contributed by atoms with Crippen LogP contribution in [0, 0.1) is 11.6 Å². The van der Waals surface area contributed by atoms with Crippen molar-refractivity contribution in [3.63, 3.8) is 0 Å². The van der Waals surface area contributed by atoms with Gasteiger partial charge in [0.25, 0.3) is 0 Å². The summed E-state index contributed by atoms with van der Waals surface area (Å²) in [5.41, 5.74) is -6.17. The zero-order valence-corrected chi connectivity index (χ0v) is 14.2. The van der Waals surface area contributed by atoms with Gasteiger partial charge < -0.3 is 5.11 Å². The van der Waals surface area contributed by atoms with Crippen LogP contribution >= 0.6 is 15.9 Å². The first-order valence-electron chi connectivity index (χ1n) is 7.93. The second-order valence-electron chi connectivity index (χ2n) is 5.14. The summed E-state index contributed by atoms with van der Waals surface area (Å²) in [7, 11) is 0. The van der Waals surface area contributed by atoms with E-state index in [4.69, 9.17) is 2.74 Å². The third-order valence-corrected chi connectivity index (χ3v) is 3.92. The maximum Gasteiger partial charge on any atom is 0.323 e. The lowest BCUT2D eigenvalue weighted by Gasteiger charge is -2.35. The summed E-state index contributed by atoms with van der Waals surface area (Å²) in [5, 5.41) is 20.6. The van der Waals surface area contributed by atoms with Gasteiger partial charge in [-0.1, -0.05) is 0 Å². The Labute approximate surface area is 155 Å². The van der Waals surface area contributed by atoms with Gasteiger partial charge in [0.15, 0.2) is 5.60 Å². The van der Waals surface area contributed by atoms with Crippen LogP contribution in [0.5, 0.6) is 0 Å². The van der Waals surface area contributed by atoms with E-state index in [1.54, 1.807) is 0 Å². The topological polar surface area (TPSA) is 76.7 Å². The molecule has 0 amide bonds. The fourth-order valence-electron chi connectivity index (χ4n) is 2.21. The first-order valence-corrected chi connectivity index (χ1v) is 7.72. The fourth-order valence-corrected chi connectivity index (χ4v) is 2.44. The van der Waals surface area contributed by atoms with E-state index in [-0.39, 0.29) is 10.7 Å². The van der Waals surface area contributed by atoms with E-state index in [2.05, 4.69) is 36.4 Å². The lowest BCUT2D eigenvalue weighted by molar-refractivity contribution is -0.207. The second-order valence-corrected chi connectivity index (χ2v) is 6.05. The fraction of sp³-hybridized carbons (Fsp3) is 0.200. The third kappa shape index (κ3) is 3.19. The van der Waals surface area contributed by atoms with Crippen LogP contribution in [0.3, 0.4) is 0 Å². The molecule has 0 aliphatic heterocycles. The Hall–Kier alpha value is -2.40. The lowest BCUT2D eigenvalue weighted by Crippen LogP contribution is -2.48. The summed E-state index contributed by atoms with van der Waals surface area (Å²) < 4.78 is 75.5. The molecule has 0 saturated carbocycles. The lowest BCUT2D eigenvalue weighted by atomic mass is 9.84. The molecule has 1 N–H and O–H groups in total. The number of pyridine rings is 1. The maximum absolute atomic E-state index is 15.5. The van der Waals surface area contributed by atoms with E-state index >= 15 is 8.78 Å². The zero-order chi connectivity index (χ0) is 20.7. The van der Waals surface area contributed by atoms with Crippen LogP contribution in [0.4, 0.5) is 17.6 Å². The molecule has 1 aromatic carbocycles. The Morgan fingerprint density at radius 2 is 2.00 bits per heavy atom. The minimum Gasteiger partial charge on any atom is -0.377 e. The predicted octanol–water partition coefficient (Wildman–Crippen LogP) is 2.79. The van der Waals surface area contributed by atoms with E-state index in [1.165, 1.54) is 6.07 Å². The van der Waals surface area contributed by atoms with E-state index < -0.39 is 40.9 Å². The summed E-state index contributed by atoms with van der Waals surface area (Å²) in [4.78, 5) is 3.50. The molecule has 0 aliphatic carbocycles. The average Bonchev–Trinajstić information content (AvgIpc) is 3.16. The molecule has 0 aliphatic rings. The van der Waals surface area contributed by atoms with Crippen molar-refractivity contribution in [1.29, 1.82) is 0 Å². The Kier molecular flexibility index (Phi) is 4.09. The number of tetrazole rings is 1. The van der Waals surface area contributed by atoms with Crippen LogP contribution < -0.4 is 0 Å². The van der Waals surface area contributed by atoms with Crippen LogP contribution in [0.1, 0.15) is 14.0 Å². The quantitative estimate of drug-likeness (QED) is 0.626. The molecule has 3 aromatic rings. The van der Waals surface area contributed by atoms with Crippen molar-refractivity contribution in [2.75, 3.05) is 0 Å². The summed E-state index contributed by atoms with van der Waals surface area (Å²) in [6.07, 6.45) is 1.63. The van der Waals surface area contributed by atoms with E-state index in [0.29, 0.717) is 22.9 Å². The van der Waals surface area contributed by atoms with Gasteiger partial charge in [-0.2, -0.15) is 8.78 Å². The van der Waals surface area contributed by atoms with Crippen molar-refractivity contribution in [2.24, 2.45) is 0 Å². The van der Waals surface area contributed by atoms with Crippen molar-refractivity contribution < 1.29 is 25.4 Å². The van der Waals surface area contributed by atoms with Crippen molar-refractivity contribution in [1.82, 2.24) is 25.2 Å². The van der Waals surface area contributed by atoms with Crippen LogP contribution in [0.15, 0.2) is 47.3 Å². The highest BCUT2D eigenvalue weighted by Gasteiger charge is 2.57. The van der Waals surface area contributed by atoms with E-state index in [0.717, 1.165) is 12.3 Å². The molecule has 6 nitrogen and oxygen atoms in total. The number of halogens is 5. The van der Waals surface area contributed by atoms with Crippen LogP contribution in [-0.4, -0.2) is 30.3 Å². The maximum atomic E-state index is 15.5. The van der Waals surface area contributed by atoms with Crippen molar-refractivity contribution >= 4 is 15.9 Å². The monoisotopic (exact) mass is 433 g/mol. The Balaban J connectivity index is 2.32. The Bertz CT molecular complexity index is 991. The van der Waals surface area contributed by atoms with Gasteiger partial charge in [0, 0.05) is 22.3 Å². The van der Waals surface area contributed by atoms with E-state index in [1.807, 2.05) is 0 Å². The van der Waals surface area contributed by atoms with Gasteiger partial charge in [0.1, 0.15) is 23.7 Å². The molecule has 0 radical (unpaired) electrons. The van der Waals surface area contributed by atoms with Crippen molar-refractivity contribution in [3.05, 3.63) is 70.2 Å². The molecule has 136 valence electrons. The number of rotatable bonds is 5. The SMILES string of the molecule is [2H]C([2H])(n1cnnn1)[C@](O)(c1ccc(F)cc1F)C(F)(F)c1ccc(Br)cn1. The number of hydrogen-bond acceptors (Lipinski definition) is 5. The summed E-state index contributed by atoms with van der Waals surface area (Å²) in [6, 6.07) is 3.40. The minimum absolute atomic E-state index is 0.211. The molecule has 2 heterocycles. The highest BCUT2D eigenvalue weighted by molar-refractivity contribution is 9.10. The number of benzene rings is 1. The molecule has 0 saturated heterocycles. The number of aromatic nitrogens is 5. The largest absolute Gasteiger partial charge is 0.377 e.